The number of benzene rings is 1. The van der Waals surface area contributed by atoms with E-state index in [1.165, 1.54) is 6.07 Å². The summed E-state index contributed by atoms with van der Waals surface area (Å²) in [4.78, 5) is 30.4. The molecule has 2 atom stereocenters. The molecule has 1 aliphatic heterocycles. The summed E-state index contributed by atoms with van der Waals surface area (Å²) >= 11 is 0. The Hall–Kier alpha value is -2.76. The minimum atomic E-state index is -0.470. The third kappa shape index (κ3) is 3.68. The van der Waals surface area contributed by atoms with Gasteiger partial charge >= 0.3 is 0 Å². The first kappa shape index (κ1) is 17.1. The molecule has 0 aliphatic carbocycles. The van der Waals surface area contributed by atoms with Crippen LogP contribution in [0.3, 0.4) is 0 Å². The minimum Gasteiger partial charge on any atom is -0.355 e. The van der Waals surface area contributed by atoms with E-state index in [2.05, 4.69) is 10.3 Å². The van der Waals surface area contributed by atoms with Gasteiger partial charge in [0.1, 0.15) is 5.82 Å². The summed E-state index contributed by atoms with van der Waals surface area (Å²) in [6.07, 6.45) is 3.91. The van der Waals surface area contributed by atoms with Crippen LogP contribution in [0.25, 0.3) is 0 Å². The van der Waals surface area contributed by atoms with E-state index in [0.29, 0.717) is 18.5 Å². The molecular weight excluding hydrogens is 321 g/mol. The molecule has 0 radical (unpaired) electrons. The van der Waals surface area contributed by atoms with Crippen molar-refractivity contribution in [1.82, 2.24) is 15.2 Å². The summed E-state index contributed by atoms with van der Waals surface area (Å²) in [6.45, 7) is 0.327. The molecule has 0 unspecified atom stereocenters. The van der Waals surface area contributed by atoms with Crippen LogP contribution in [-0.4, -0.2) is 35.3 Å². The van der Waals surface area contributed by atoms with Crippen LogP contribution >= 0.6 is 0 Å². The second-order valence-electron chi connectivity index (χ2n) is 6.18. The van der Waals surface area contributed by atoms with Gasteiger partial charge in [0.05, 0.1) is 12.0 Å². The van der Waals surface area contributed by atoms with Crippen molar-refractivity contribution in [1.29, 1.82) is 0 Å². The van der Waals surface area contributed by atoms with Gasteiger partial charge in [-0.15, -0.1) is 0 Å². The van der Waals surface area contributed by atoms with Gasteiger partial charge in [-0.3, -0.25) is 14.6 Å². The maximum Gasteiger partial charge on any atom is 0.226 e. The van der Waals surface area contributed by atoms with Crippen LogP contribution in [0, 0.1) is 11.7 Å². The van der Waals surface area contributed by atoms with Gasteiger partial charge in [0.25, 0.3) is 0 Å². The molecule has 1 aromatic carbocycles. The van der Waals surface area contributed by atoms with Crippen LogP contribution in [0.5, 0.6) is 0 Å². The Balaban J connectivity index is 1.66. The number of aromatic nitrogens is 1. The molecule has 0 saturated carbocycles. The van der Waals surface area contributed by atoms with E-state index < -0.39 is 5.92 Å². The molecule has 2 heterocycles. The maximum atomic E-state index is 13.6. The van der Waals surface area contributed by atoms with E-state index in [1.54, 1.807) is 48.6 Å². The lowest BCUT2D eigenvalue weighted by Gasteiger charge is -2.24. The number of amides is 2. The van der Waals surface area contributed by atoms with Crippen LogP contribution in [0.2, 0.25) is 0 Å². The monoisotopic (exact) mass is 341 g/mol. The smallest absolute Gasteiger partial charge is 0.226 e. The van der Waals surface area contributed by atoms with Gasteiger partial charge in [0.15, 0.2) is 0 Å². The molecular formula is C19H20FN3O2. The first-order valence-corrected chi connectivity index (χ1v) is 8.24. The minimum absolute atomic E-state index is 0.0666. The highest BCUT2D eigenvalue weighted by atomic mass is 19.1. The first-order chi connectivity index (χ1) is 12.1. The Kier molecular flexibility index (Phi) is 5.07. The summed E-state index contributed by atoms with van der Waals surface area (Å²) in [6, 6.07) is 9.84. The standard InChI is InChI=1S/C19H20FN3O2/c1-23-17(24)11-15(18(23)14-6-4-9-21-12-14)19(25)22-10-8-13-5-2-3-7-16(13)20/h2-7,9,12,15,18H,8,10-11H2,1H3,(H,22,25)/t15-,18+/m0/s1. The van der Waals surface area contributed by atoms with Crippen molar-refractivity contribution in [2.24, 2.45) is 5.92 Å². The fourth-order valence-electron chi connectivity index (χ4n) is 3.26. The second-order valence-corrected chi connectivity index (χ2v) is 6.18. The quantitative estimate of drug-likeness (QED) is 0.906. The van der Waals surface area contributed by atoms with E-state index >= 15 is 0 Å². The number of likely N-dealkylation sites (tertiary alicyclic amines) is 1. The third-order valence-corrected chi connectivity index (χ3v) is 4.60. The fraction of sp³-hybridized carbons (Fsp3) is 0.316. The topological polar surface area (TPSA) is 62.3 Å². The molecule has 1 fully saturated rings. The molecule has 3 rings (SSSR count). The van der Waals surface area contributed by atoms with Gasteiger partial charge in [-0.05, 0) is 29.7 Å². The van der Waals surface area contributed by atoms with E-state index in [4.69, 9.17) is 0 Å². The predicted molar refractivity (Wildman–Crippen MR) is 91.0 cm³/mol. The van der Waals surface area contributed by atoms with Crippen molar-refractivity contribution < 1.29 is 14.0 Å². The Bertz CT molecular complexity index is 766. The highest BCUT2D eigenvalue weighted by Crippen LogP contribution is 2.36. The molecule has 1 aromatic heterocycles. The van der Waals surface area contributed by atoms with Crippen molar-refractivity contribution in [3.63, 3.8) is 0 Å². The lowest BCUT2D eigenvalue weighted by atomic mass is 9.94. The summed E-state index contributed by atoms with van der Waals surface area (Å²) < 4.78 is 13.6. The van der Waals surface area contributed by atoms with Gasteiger partial charge in [-0.25, -0.2) is 4.39 Å². The highest BCUT2D eigenvalue weighted by Gasteiger charge is 2.42. The average molecular weight is 341 g/mol. The molecule has 130 valence electrons. The van der Waals surface area contributed by atoms with Gasteiger partial charge in [-0.1, -0.05) is 24.3 Å². The van der Waals surface area contributed by atoms with Crippen LogP contribution in [-0.2, 0) is 16.0 Å². The molecule has 6 heteroatoms. The summed E-state index contributed by atoms with van der Waals surface area (Å²) in [5.41, 5.74) is 1.40. The SMILES string of the molecule is CN1C(=O)C[C@H](C(=O)NCCc2ccccc2F)[C@H]1c1cccnc1. The van der Waals surface area contributed by atoms with E-state index in [0.717, 1.165) is 5.56 Å². The lowest BCUT2D eigenvalue weighted by molar-refractivity contribution is -0.128. The highest BCUT2D eigenvalue weighted by molar-refractivity contribution is 5.90. The van der Waals surface area contributed by atoms with Gasteiger partial charge in [0, 0.05) is 32.4 Å². The zero-order valence-corrected chi connectivity index (χ0v) is 14.0. The molecule has 2 aromatic rings. The van der Waals surface area contributed by atoms with Gasteiger partial charge < -0.3 is 10.2 Å². The maximum absolute atomic E-state index is 13.6. The van der Waals surface area contributed by atoms with Crippen molar-refractivity contribution >= 4 is 11.8 Å². The Morgan fingerprint density at radius 3 is 2.84 bits per heavy atom. The van der Waals surface area contributed by atoms with Gasteiger partial charge in [-0.2, -0.15) is 0 Å². The summed E-state index contributed by atoms with van der Waals surface area (Å²) in [5, 5.41) is 2.84. The third-order valence-electron chi connectivity index (χ3n) is 4.60. The zero-order chi connectivity index (χ0) is 17.8. The fourth-order valence-corrected chi connectivity index (χ4v) is 3.26. The summed E-state index contributed by atoms with van der Waals surface area (Å²) in [7, 11) is 1.70. The van der Waals surface area contributed by atoms with E-state index in [-0.39, 0.29) is 30.1 Å². The number of nitrogens with one attached hydrogen (secondary N) is 1. The Labute approximate surface area is 145 Å². The van der Waals surface area contributed by atoms with Crippen LogP contribution in [0.4, 0.5) is 4.39 Å². The number of rotatable bonds is 5. The van der Waals surface area contributed by atoms with Crippen LogP contribution in [0.1, 0.15) is 23.6 Å². The molecule has 5 nitrogen and oxygen atoms in total. The predicted octanol–water partition coefficient (Wildman–Crippen LogP) is 2.10. The molecule has 25 heavy (non-hydrogen) atoms. The number of pyridine rings is 1. The van der Waals surface area contributed by atoms with Crippen LogP contribution < -0.4 is 5.32 Å². The average Bonchev–Trinajstić information content (AvgIpc) is 2.92. The van der Waals surface area contributed by atoms with E-state index in [1.807, 2.05) is 6.07 Å². The first-order valence-electron chi connectivity index (χ1n) is 8.24. The van der Waals surface area contributed by atoms with Crippen molar-refractivity contribution in [2.45, 2.75) is 18.9 Å². The largest absolute Gasteiger partial charge is 0.355 e. The lowest BCUT2D eigenvalue weighted by Crippen LogP contribution is -2.35. The second kappa shape index (κ2) is 7.42. The van der Waals surface area contributed by atoms with Crippen molar-refractivity contribution in [3.8, 4) is 0 Å². The Morgan fingerprint density at radius 1 is 1.32 bits per heavy atom. The van der Waals surface area contributed by atoms with Crippen LogP contribution in [0.15, 0.2) is 48.8 Å². The Morgan fingerprint density at radius 2 is 2.12 bits per heavy atom. The normalized spacial score (nSPS) is 19.9. The van der Waals surface area contributed by atoms with Gasteiger partial charge in [0.2, 0.25) is 11.8 Å². The molecule has 0 spiro atoms. The van der Waals surface area contributed by atoms with Crippen molar-refractivity contribution in [3.05, 3.63) is 65.7 Å². The number of hydrogen-bond acceptors (Lipinski definition) is 3. The molecule has 0 bridgehead atoms. The summed E-state index contributed by atoms with van der Waals surface area (Å²) in [5.74, 6) is -1.01. The number of carbonyl (C=O) groups excluding carboxylic acids is 2. The van der Waals surface area contributed by atoms with Crippen molar-refractivity contribution in [2.75, 3.05) is 13.6 Å². The molecule has 1 saturated heterocycles. The van der Waals surface area contributed by atoms with E-state index in [9.17, 15) is 14.0 Å². The number of nitrogens with zero attached hydrogens (tertiary/aromatic N) is 2. The number of carbonyl (C=O) groups is 2. The zero-order valence-electron chi connectivity index (χ0n) is 14.0. The molecule has 2 amide bonds. The molecule has 1 aliphatic rings. The number of hydrogen-bond donors (Lipinski definition) is 1. The molecule has 1 N–H and O–H groups in total. The number of halogens is 1.